The first kappa shape index (κ1) is 14.9. The number of Topliss-reactive ketones (excluding diaryl/α,β-unsaturated/α-hetero) is 1. The average molecular weight is 278 g/mol. The number of terminal acetylenes is 1. The zero-order chi connectivity index (χ0) is 15.0. The predicted molar refractivity (Wildman–Crippen MR) is 75.1 cm³/mol. The summed E-state index contributed by atoms with van der Waals surface area (Å²) in [6.45, 7) is 8.27. The Bertz CT molecular complexity index is 453. The minimum absolute atomic E-state index is 0.241. The normalized spacial score (nSPS) is 22.3. The third-order valence-electron chi connectivity index (χ3n) is 3.71. The van der Waals surface area contributed by atoms with E-state index in [0.717, 1.165) is 0 Å². The first-order valence-corrected chi connectivity index (χ1v) is 6.93. The number of ketones is 1. The van der Waals surface area contributed by atoms with Gasteiger partial charge in [0.25, 0.3) is 0 Å². The lowest BCUT2D eigenvalue weighted by Crippen LogP contribution is -2.67. The molecule has 1 amide bonds. The summed E-state index contributed by atoms with van der Waals surface area (Å²) in [5.41, 5.74) is -0.938. The van der Waals surface area contributed by atoms with Crippen molar-refractivity contribution in [3.05, 3.63) is 0 Å². The van der Waals surface area contributed by atoms with Crippen LogP contribution in [0.15, 0.2) is 0 Å². The molecule has 2 aliphatic rings. The third kappa shape index (κ3) is 2.96. The summed E-state index contributed by atoms with van der Waals surface area (Å²) in [6.07, 6.45) is 5.35. The van der Waals surface area contributed by atoms with Crippen LogP contribution in [0, 0.1) is 17.8 Å². The van der Waals surface area contributed by atoms with Crippen LogP contribution in [0.25, 0.3) is 0 Å². The number of hydrogen-bond acceptors (Lipinski definition) is 4. The molecule has 20 heavy (non-hydrogen) atoms. The summed E-state index contributed by atoms with van der Waals surface area (Å²) in [6, 6.07) is 0. The summed E-state index contributed by atoms with van der Waals surface area (Å²) in [7, 11) is 0. The average Bonchev–Trinajstić information content (AvgIpc) is 2.27. The van der Waals surface area contributed by atoms with Crippen molar-refractivity contribution in [1.82, 2.24) is 9.80 Å². The molecule has 2 fully saturated rings. The number of carbonyl (C=O) groups excluding carboxylic acids is 2. The van der Waals surface area contributed by atoms with Gasteiger partial charge < -0.3 is 9.64 Å². The smallest absolute Gasteiger partial charge is 0.410 e. The Morgan fingerprint density at radius 2 is 2.05 bits per heavy atom. The molecule has 2 heterocycles. The predicted octanol–water partition coefficient (Wildman–Crippen LogP) is 1.13. The molecule has 0 aromatic rings. The van der Waals surface area contributed by atoms with Crippen molar-refractivity contribution in [2.45, 2.75) is 32.8 Å². The number of amides is 1. The fourth-order valence-corrected chi connectivity index (χ4v) is 2.84. The number of nitrogens with zero attached hydrogens (tertiary/aromatic N) is 2. The minimum Gasteiger partial charge on any atom is -0.444 e. The molecule has 0 aromatic carbocycles. The molecule has 110 valence electrons. The van der Waals surface area contributed by atoms with Crippen molar-refractivity contribution >= 4 is 11.9 Å². The summed E-state index contributed by atoms with van der Waals surface area (Å²) in [4.78, 5) is 28.0. The molecule has 0 radical (unpaired) electrons. The van der Waals surface area contributed by atoms with Crippen molar-refractivity contribution < 1.29 is 14.3 Å². The lowest BCUT2D eigenvalue weighted by Gasteiger charge is -2.52. The van der Waals surface area contributed by atoms with Gasteiger partial charge in [0.15, 0.2) is 0 Å². The largest absolute Gasteiger partial charge is 0.444 e. The lowest BCUT2D eigenvalue weighted by atomic mass is 9.72. The Morgan fingerprint density at radius 1 is 1.40 bits per heavy atom. The Kier molecular flexibility index (Phi) is 3.79. The first-order valence-electron chi connectivity index (χ1n) is 6.93. The molecule has 5 nitrogen and oxygen atoms in total. The van der Waals surface area contributed by atoms with E-state index in [0.29, 0.717) is 39.1 Å². The van der Waals surface area contributed by atoms with E-state index in [1.165, 1.54) is 0 Å². The molecular weight excluding hydrogens is 256 g/mol. The maximum absolute atomic E-state index is 12.1. The Balaban J connectivity index is 1.98. The highest BCUT2D eigenvalue weighted by Gasteiger charge is 2.52. The SMILES string of the molecule is C#CCN1CC2(C1)CN(C(=O)OC(C)(C)C)CCC2=O. The zero-order valence-electron chi connectivity index (χ0n) is 12.4. The molecule has 0 saturated carbocycles. The van der Waals surface area contributed by atoms with Gasteiger partial charge in [0, 0.05) is 32.6 Å². The number of ether oxygens (including phenoxy) is 1. The van der Waals surface area contributed by atoms with Gasteiger partial charge in [0.2, 0.25) is 0 Å². The maximum Gasteiger partial charge on any atom is 0.410 e. The molecule has 0 bridgehead atoms. The standard InChI is InChI=1S/C15H22N2O3/c1-5-7-16-9-15(10-16)11-17(8-6-12(15)18)13(19)20-14(2,3)4/h1H,6-11H2,2-4H3. The van der Waals surface area contributed by atoms with Crippen molar-refractivity contribution in [1.29, 1.82) is 0 Å². The van der Waals surface area contributed by atoms with E-state index in [-0.39, 0.29) is 11.9 Å². The van der Waals surface area contributed by atoms with Gasteiger partial charge in [-0.1, -0.05) is 5.92 Å². The molecule has 0 aromatic heterocycles. The molecule has 5 heteroatoms. The first-order chi connectivity index (χ1) is 9.26. The maximum atomic E-state index is 12.1. The highest BCUT2D eigenvalue weighted by atomic mass is 16.6. The topological polar surface area (TPSA) is 49.9 Å². The molecule has 2 rings (SSSR count). The van der Waals surface area contributed by atoms with Crippen molar-refractivity contribution in [3.63, 3.8) is 0 Å². The molecule has 0 unspecified atom stereocenters. The van der Waals surface area contributed by atoms with Gasteiger partial charge in [-0.3, -0.25) is 9.69 Å². The second kappa shape index (κ2) is 5.10. The van der Waals surface area contributed by atoms with Crippen LogP contribution in [0.2, 0.25) is 0 Å². The Labute approximate surface area is 120 Å². The van der Waals surface area contributed by atoms with Crippen LogP contribution < -0.4 is 0 Å². The van der Waals surface area contributed by atoms with Crippen molar-refractivity contribution in [3.8, 4) is 12.3 Å². The fraction of sp³-hybridized carbons (Fsp3) is 0.733. The van der Waals surface area contributed by atoms with Gasteiger partial charge in [-0.25, -0.2) is 4.79 Å². The van der Waals surface area contributed by atoms with Crippen LogP contribution in [0.4, 0.5) is 4.79 Å². The monoisotopic (exact) mass is 278 g/mol. The summed E-state index contributed by atoms with van der Waals surface area (Å²) >= 11 is 0. The van der Waals surface area contributed by atoms with E-state index < -0.39 is 11.0 Å². The highest BCUT2D eigenvalue weighted by molar-refractivity contribution is 5.89. The van der Waals surface area contributed by atoms with Gasteiger partial charge in [-0.05, 0) is 20.8 Å². The molecule has 0 atom stereocenters. The molecule has 1 spiro atoms. The van der Waals surface area contributed by atoms with Crippen LogP contribution >= 0.6 is 0 Å². The summed E-state index contributed by atoms with van der Waals surface area (Å²) in [5, 5.41) is 0. The lowest BCUT2D eigenvalue weighted by molar-refractivity contribution is -0.145. The van der Waals surface area contributed by atoms with E-state index in [2.05, 4.69) is 10.8 Å². The van der Waals surface area contributed by atoms with E-state index >= 15 is 0 Å². The van der Waals surface area contributed by atoms with Crippen molar-refractivity contribution in [2.75, 3.05) is 32.7 Å². The molecular formula is C15H22N2O3. The van der Waals surface area contributed by atoms with Gasteiger partial charge in [0.1, 0.15) is 11.4 Å². The van der Waals surface area contributed by atoms with Gasteiger partial charge in [0.05, 0.1) is 12.0 Å². The van der Waals surface area contributed by atoms with Crippen LogP contribution in [-0.4, -0.2) is 60.0 Å². The number of likely N-dealkylation sites (tertiary alicyclic amines) is 2. The van der Waals surface area contributed by atoms with Crippen LogP contribution in [-0.2, 0) is 9.53 Å². The number of carbonyl (C=O) groups is 2. The highest BCUT2D eigenvalue weighted by Crippen LogP contribution is 2.36. The second-order valence-corrected chi connectivity index (χ2v) is 6.70. The van der Waals surface area contributed by atoms with Gasteiger partial charge in [-0.15, -0.1) is 6.42 Å². The van der Waals surface area contributed by atoms with E-state index in [1.807, 2.05) is 20.8 Å². The third-order valence-corrected chi connectivity index (χ3v) is 3.71. The zero-order valence-corrected chi connectivity index (χ0v) is 12.4. The fourth-order valence-electron chi connectivity index (χ4n) is 2.84. The van der Waals surface area contributed by atoms with Crippen molar-refractivity contribution in [2.24, 2.45) is 5.41 Å². The van der Waals surface area contributed by atoms with Gasteiger partial charge >= 0.3 is 6.09 Å². The Morgan fingerprint density at radius 3 is 2.60 bits per heavy atom. The van der Waals surface area contributed by atoms with Gasteiger partial charge in [-0.2, -0.15) is 0 Å². The number of piperidine rings is 1. The Hall–Kier alpha value is -1.54. The number of hydrogen-bond donors (Lipinski definition) is 0. The molecule has 2 saturated heterocycles. The van der Waals surface area contributed by atoms with E-state index in [4.69, 9.17) is 11.2 Å². The van der Waals surface area contributed by atoms with E-state index in [1.54, 1.807) is 4.90 Å². The molecule has 0 N–H and O–H groups in total. The molecule has 0 aliphatic carbocycles. The van der Waals surface area contributed by atoms with Crippen LogP contribution in [0.5, 0.6) is 0 Å². The minimum atomic E-state index is -0.513. The van der Waals surface area contributed by atoms with Crippen LogP contribution in [0.1, 0.15) is 27.2 Å². The quantitative estimate of drug-likeness (QED) is 0.675. The van der Waals surface area contributed by atoms with E-state index in [9.17, 15) is 9.59 Å². The second-order valence-electron chi connectivity index (χ2n) is 6.70. The summed E-state index contributed by atoms with van der Waals surface area (Å²) < 4.78 is 5.38. The summed E-state index contributed by atoms with van der Waals surface area (Å²) in [5.74, 6) is 2.82. The molecule has 2 aliphatic heterocycles. The van der Waals surface area contributed by atoms with Crippen LogP contribution in [0.3, 0.4) is 0 Å². The number of rotatable bonds is 1.